The van der Waals surface area contributed by atoms with Crippen molar-refractivity contribution in [1.82, 2.24) is 14.8 Å². The summed E-state index contributed by atoms with van der Waals surface area (Å²) in [6, 6.07) is 1.12. The van der Waals surface area contributed by atoms with Crippen LogP contribution in [0.1, 0.15) is 31.0 Å². The Morgan fingerprint density at radius 3 is 2.56 bits per heavy atom. The fourth-order valence-corrected chi connectivity index (χ4v) is 3.81. The van der Waals surface area contributed by atoms with Crippen molar-refractivity contribution in [3.05, 3.63) is 23.4 Å². The lowest BCUT2D eigenvalue weighted by Gasteiger charge is -2.24. The molecule has 2 aliphatic rings. The van der Waals surface area contributed by atoms with Crippen molar-refractivity contribution in [3.63, 3.8) is 0 Å². The second-order valence-corrected chi connectivity index (χ2v) is 7.42. The number of halogens is 3. The molecule has 2 unspecified atom stereocenters. The molecule has 2 aliphatic heterocycles. The van der Waals surface area contributed by atoms with Crippen LogP contribution in [0.2, 0.25) is 0 Å². The van der Waals surface area contributed by atoms with Crippen LogP contribution in [0, 0.1) is 6.92 Å². The Balaban J connectivity index is 1.72. The number of aromatic nitrogens is 1. The van der Waals surface area contributed by atoms with E-state index in [1.807, 2.05) is 0 Å². The number of anilines is 1. The van der Waals surface area contributed by atoms with Crippen molar-refractivity contribution in [2.45, 2.75) is 45.0 Å². The summed E-state index contributed by atoms with van der Waals surface area (Å²) in [6.07, 6.45) is -2.96. The average molecular weight is 386 g/mol. The molecule has 9 heteroatoms. The highest BCUT2D eigenvalue weighted by molar-refractivity contribution is 5.94. The summed E-state index contributed by atoms with van der Waals surface area (Å²) in [6.45, 7) is 6.13. The second-order valence-electron chi connectivity index (χ2n) is 7.42. The molecule has 1 aromatic rings. The van der Waals surface area contributed by atoms with Crippen LogP contribution >= 0.6 is 0 Å². The highest BCUT2D eigenvalue weighted by atomic mass is 19.4. The van der Waals surface area contributed by atoms with Gasteiger partial charge >= 0.3 is 12.2 Å². The van der Waals surface area contributed by atoms with E-state index in [0.717, 1.165) is 38.1 Å². The molecule has 27 heavy (non-hydrogen) atoms. The third-order valence-corrected chi connectivity index (χ3v) is 5.01. The van der Waals surface area contributed by atoms with Gasteiger partial charge in [0.15, 0.2) is 0 Å². The third kappa shape index (κ3) is 4.52. The van der Waals surface area contributed by atoms with E-state index in [-0.39, 0.29) is 24.1 Å². The first-order valence-corrected chi connectivity index (χ1v) is 9.19. The van der Waals surface area contributed by atoms with Gasteiger partial charge in [0.2, 0.25) is 0 Å². The summed E-state index contributed by atoms with van der Waals surface area (Å²) < 4.78 is 39.3. The van der Waals surface area contributed by atoms with Crippen molar-refractivity contribution >= 4 is 11.8 Å². The first kappa shape index (κ1) is 19.9. The van der Waals surface area contributed by atoms with Gasteiger partial charge in [0.05, 0.1) is 17.7 Å². The zero-order valence-electron chi connectivity index (χ0n) is 15.5. The zero-order valence-corrected chi connectivity index (χ0v) is 15.5. The van der Waals surface area contributed by atoms with Gasteiger partial charge in [-0.2, -0.15) is 13.2 Å². The number of alkyl halides is 3. The number of nitrogens with zero attached hydrogens (tertiary/aromatic N) is 4. The molecule has 150 valence electrons. The first-order chi connectivity index (χ1) is 12.6. The summed E-state index contributed by atoms with van der Waals surface area (Å²) in [4.78, 5) is 21.8. The minimum atomic E-state index is -4.50. The van der Waals surface area contributed by atoms with Gasteiger partial charge in [-0.1, -0.05) is 0 Å². The summed E-state index contributed by atoms with van der Waals surface area (Å²) in [5.41, 5.74) is -0.620. The van der Waals surface area contributed by atoms with E-state index in [1.165, 1.54) is 16.7 Å². The van der Waals surface area contributed by atoms with Crippen molar-refractivity contribution in [2.75, 3.05) is 37.6 Å². The molecule has 0 spiro atoms. The predicted octanol–water partition coefficient (Wildman–Crippen LogP) is 2.50. The summed E-state index contributed by atoms with van der Waals surface area (Å²) in [5.74, 6) is -0.00337. The molecule has 3 heterocycles. The Hall–Kier alpha value is -1.87. The molecule has 0 aliphatic carbocycles. The Labute approximate surface area is 156 Å². The number of urea groups is 1. The Morgan fingerprint density at radius 1 is 1.26 bits per heavy atom. The fraction of sp³-hybridized carbons (Fsp3) is 0.667. The lowest BCUT2D eigenvalue weighted by atomic mass is 10.2. The normalized spacial score (nSPS) is 22.7. The second kappa shape index (κ2) is 7.63. The minimum Gasteiger partial charge on any atom is -0.390 e. The summed E-state index contributed by atoms with van der Waals surface area (Å²) >= 11 is 0. The van der Waals surface area contributed by atoms with Crippen LogP contribution in [0.3, 0.4) is 0 Å². The number of hydrogen-bond acceptors (Lipinski definition) is 4. The highest BCUT2D eigenvalue weighted by Crippen LogP contribution is 2.33. The maximum absolute atomic E-state index is 13.1. The van der Waals surface area contributed by atoms with Crippen LogP contribution in [0.4, 0.5) is 23.8 Å². The molecular formula is C18H25F3N4O2. The first-order valence-electron chi connectivity index (χ1n) is 9.19. The van der Waals surface area contributed by atoms with E-state index in [1.54, 1.807) is 6.92 Å². The van der Waals surface area contributed by atoms with Crippen molar-refractivity contribution in [1.29, 1.82) is 0 Å². The largest absolute Gasteiger partial charge is 0.416 e. The van der Waals surface area contributed by atoms with Crippen LogP contribution < -0.4 is 4.90 Å². The number of β-amino-alcohol motifs (C(OH)–C–C–N with tert-alkyl or cyclic N) is 1. The number of carbonyl (C=O) groups is 1. The topological polar surface area (TPSA) is 59.9 Å². The SMILES string of the molecule is Cc1cc(C(F)(F)F)cc(N2C(=O)N(CC(O)CN3CCCC3)CC2C)n1. The van der Waals surface area contributed by atoms with Crippen LogP contribution in [0.25, 0.3) is 0 Å². The van der Waals surface area contributed by atoms with Crippen molar-refractivity contribution in [3.8, 4) is 0 Å². The van der Waals surface area contributed by atoms with E-state index in [4.69, 9.17) is 0 Å². The molecule has 6 nitrogen and oxygen atoms in total. The number of hydrogen-bond donors (Lipinski definition) is 1. The standard InChI is InChI=1S/C18H25F3N4O2/c1-12-7-14(18(19,20)21)8-16(22-12)25-13(2)9-24(17(25)27)11-15(26)10-23-5-3-4-6-23/h7-8,13,15,26H,3-6,9-11H2,1-2H3. The number of aliphatic hydroxyl groups excluding tert-OH is 1. The number of carbonyl (C=O) groups excluding carboxylic acids is 1. The lowest BCUT2D eigenvalue weighted by molar-refractivity contribution is -0.137. The molecule has 1 aromatic heterocycles. The molecule has 2 atom stereocenters. The van der Waals surface area contributed by atoms with Gasteiger partial charge in [-0.15, -0.1) is 0 Å². The Bertz CT molecular complexity index is 692. The van der Waals surface area contributed by atoms with Crippen LogP contribution in [0.15, 0.2) is 12.1 Å². The highest BCUT2D eigenvalue weighted by Gasteiger charge is 2.39. The zero-order chi connectivity index (χ0) is 19.8. The summed E-state index contributed by atoms with van der Waals surface area (Å²) in [5, 5.41) is 10.3. The van der Waals surface area contributed by atoms with E-state index in [2.05, 4.69) is 9.88 Å². The van der Waals surface area contributed by atoms with E-state index in [9.17, 15) is 23.1 Å². The van der Waals surface area contributed by atoms with E-state index in [0.29, 0.717) is 13.1 Å². The molecule has 1 N–H and O–H groups in total. The van der Waals surface area contributed by atoms with Gasteiger partial charge in [0, 0.05) is 25.3 Å². The van der Waals surface area contributed by atoms with Gasteiger partial charge in [0.1, 0.15) is 5.82 Å². The van der Waals surface area contributed by atoms with Crippen LogP contribution in [0.5, 0.6) is 0 Å². The molecule has 2 fully saturated rings. The average Bonchev–Trinajstić information content (AvgIpc) is 3.14. The maximum atomic E-state index is 13.1. The molecule has 0 aromatic carbocycles. The van der Waals surface area contributed by atoms with Gasteiger partial charge < -0.3 is 14.9 Å². The fourth-order valence-electron chi connectivity index (χ4n) is 3.81. The third-order valence-electron chi connectivity index (χ3n) is 5.01. The maximum Gasteiger partial charge on any atom is 0.416 e. The smallest absolute Gasteiger partial charge is 0.390 e. The molecular weight excluding hydrogens is 361 g/mol. The Morgan fingerprint density at radius 2 is 1.93 bits per heavy atom. The van der Waals surface area contributed by atoms with Gasteiger partial charge in [-0.25, -0.2) is 9.78 Å². The van der Waals surface area contributed by atoms with E-state index >= 15 is 0 Å². The van der Waals surface area contributed by atoms with Crippen molar-refractivity contribution < 1.29 is 23.1 Å². The number of rotatable bonds is 5. The molecule has 3 rings (SSSR count). The number of likely N-dealkylation sites (tertiary alicyclic amines) is 1. The minimum absolute atomic E-state index is 0.00337. The van der Waals surface area contributed by atoms with Gasteiger partial charge in [-0.05, 0) is 51.9 Å². The molecule has 0 saturated carbocycles. The molecule has 0 radical (unpaired) electrons. The molecule has 0 bridgehead atoms. The number of aryl methyl sites for hydroxylation is 1. The number of aliphatic hydroxyl groups is 1. The Kier molecular flexibility index (Phi) is 5.62. The van der Waals surface area contributed by atoms with Crippen LogP contribution in [-0.4, -0.2) is 70.8 Å². The van der Waals surface area contributed by atoms with E-state index < -0.39 is 23.9 Å². The van der Waals surface area contributed by atoms with Gasteiger partial charge in [0.25, 0.3) is 0 Å². The van der Waals surface area contributed by atoms with Crippen LogP contribution in [-0.2, 0) is 6.18 Å². The molecule has 2 saturated heterocycles. The number of pyridine rings is 1. The van der Waals surface area contributed by atoms with Gasteiger partial charge in [-0.3, -0.25) is 4.90 Å². The lowest BCUT2D eigenvalue weighted by Crippen LogP contribution is -2.41. The number of amides is 2. The van der Waals surface area contributed by atoms with Crippen molar-refractivity contribution in [2.24, 2.45) is 0 Å². The summed E-state index contributed by atoms with van der Waals surface area (Å²) in [7, 11) is 0. The quantitative estimate of drug-likeness (QED) is 0.845. The monoisotopic (exact) mass is 386 g/mol. The molecule has 2 amide bonds. The predicted molar refractivity (Wildman–Crippen MR) is 94.6 cm³/mol.